The van der Waals surface area contributed by atoms with Gasteiger partial charge in [0.1, 0.15) is 0 Å². The second kappa shape index (κ2) is 15.3. The van der Waals surface area contributed by atoms with Gasteiger partial charge in [-0.15, -0.1) is 0 Å². The Morgan fingerprint density at radius 3 is 1.65 bits per heavy atom. The van der Waals surface area contributed by atoms with Crippen LogP contribution in [0.25, 0.3) is 0 Å². The van der Waals surface area contributed by atoms with Gasteiger partial charge in [0.15, 0.2) is 0 Å². The van der Waals surface area contributed by atoms with Crippen LogP contribution in [0.15, 0.2) is 71.9 Å². The van der Waals surface area contributed by atoms with Gasteiger partial charge in [-0.05, 0) is 36.1 Å². The summed E-state index contributed by atoms with van der Waals surface area (Å²) in [5.74, 6) is 0. The first kappa shape index (κ1) is 26.3. The first-order valence-electron chi connectivity index (χ1n) is 9.01. The van der Waals surface area contributed by atoms with Gasteiger partial charge in [0.25, 0.3) is 0 Å². The monoisotopic (exact) mass is 316 g/mol. The van der Waals surface area contributed by atoms with Crippen LogP contribution in [-0.2, 0) is 0 Å². The van der Waals surface area contributed by atoms with E-state index in [-0.39, 0.29) is 5.41 Å². The van der Waals surface area contributed by atoms with Crippen molar-refractivity contribution in [2.45, 2.75) is 69.2 Å². The van der Waals surface area contributed by atoms with Crippen molar-refractivity contribution >= 4 is 0 Å². The molecule has 0 nitrogen and oxygen atoms in total. The molecule has 0 saturated heterocycles. The Morgan fingerprint density at radius 1 is 0.826 bits per heavy atom. The molecule has 0 bridgehead atoms. The molecule has 0 N–H and O–H groups in total. The second-order valence-electron chi connectivity index (χ2n) is 4.79. The van der Waals surface area contributed by atoms with Crippen LogP contribution < -0.4 is 0 Å². The highest BCUT2D eigenvalue weighted by Crippen LogP contribution is 2.48. The van der Waals surface area contributed by atoms with Crippen molar-refractivity contribution in [3.63, 3.8) is 0 Å². The van der Waals surface area contributed by atoms with Crippen molar-refractivity contribution < 1.29 is 0 Å². The number of allylic oxidation sites excluding steroid dienone is 10. The van der Waals surface area contributed by atoms with Gasteiger partial charge in [-0.1, -0.05) is 105 Å². The summed E-state index contributed by atoms with van der Waals surface area (Å²) < 4.78 is 0. The fourth-order valence-corrected chi connectivity index (χ4v) is 2.54. The summed E-state index contributed by atoms with van der Waals surface area (Å²) in [4.78, 5) is 0. The molecule has 0 aromatic rings. The van der Waals surface area contributed by atoms with Gasteiger partial charge in [0, 0.05) is 5.41 Å². The zero-order chi connectivity index (χ0) is 19.1. The second-order valence-corrected chi connectivity index (χ2v) is 4.79. The van der Waals surface area contributed by atoms with Crippen LogP contribution in [-0.4, -0.2) is 0 Å². The average molecular weight is 317 g/mol. The summed E-state index contributed by atoms with van der Waals surface area (Å²) >= 11 is 0. The largest absolute Gasteiger partial charge is 0.0991 e. The maximum absolute atomic E-state index is 3.96. The van der Waals surface area contributed by atoms with Gasteiger partial charge in [-0.3, -0.25) is 0 Å². The predicted octanol–water partition coefficient (Wildman–Crippen LogP) is 8.22. The molecule has 0 atom stereocenters. The summed E-state index contributed by atoms with van der Waals surface area (Å²) in [7, 11) is 0. The SMILES string of the molecule is C=C/C=C\C1=C(C)C(/C=C\C)=C(C=C)C1(C)C.CC.CC.CC. The van der Waals surface area contributed by atoms with E-state index in [9.17, 15) is 0 Å². The molecular weight excluding hydrogens is 276 g/mol. The van der Waals surface area contributed by atoms with E-state index in [1.807, 2.05) is 66.7 Å². The summed E-state index contributed by atoms with van der Waals surface area (Å²) in [6, 6.07) is 0. The molecule has 132 valence electrons. The van der Waals surface area contributed by atoms with E-state index < -0.39 is 0 Å². The molecule has 23 heavy (non-hydrogen) atoms. The van der Waals surface area contributed by atoms with Crippen LogP contribution in [0.5, 0.6) is 0 Å². The lowest BCUT2D eigenvalue weighted by Gasteiger charge is -2.24. The highest BCUT2D eigenvalue weighted by atomic mass is 14.4. The van der Waals surface area contributed by atoms with Crippen molar-refractivity contribution in [3.8, 4) is 0 Å². The van der Waals surface area contributed by atoms with Gasteiger partial charge in [-0.2, -0.15) is 0 Å². The highest BCUT2D eigenvalue weighted by molar-refractivity contribution is 5.62. The van der Waals surface area contributed by atoms with Gasteiger partial charge in [-0.25, -0.2) is 0 Å². The molecule has 0 aromatic heterocycles. The molecule has 0 heteroatoms. The summed E-state index contributed by atoms with van der Waals surface area (Å²) in [5.41, 5.74) is 5.31. The summed E-state index contributed by atoms with van der Waals surface area (Å²) in [5, 5.41) is 0. The van der Waals surface area contributed by atoms with Crippen molar-refractivity contribution in [2.24, 2.45) is 5.41 Å². The molecule has 0 aliphatic heterocycles. The van der Waals surface area contributed by atoms with E-state index in [1.54, 1.807) is 0 Å². The molecular formula is C23H40. The smallest absolute Gasteiger partial charge is 0.0155 e. The maximum atomic E-state index is 3.96. The fourth-order valence-electron chi connectivity index (χ4n) is 2.54. The molecule has 0 heterocycles. The van der Waals surface area contributed by atoms with E-state index in [4.69, 9.17) is 0 Å². The lowest BCUT2D eigenvalue weighted by atomic mass is 9.80. The molecule has 0 fully saturated rings. The predicted molar refractivity (Wildman–Crippen MR) is 112 cm³/mol. The van der Waals surface area contributed by atoms with Gasteiger partial charge in [0.2, 0.25) is 0 Å². The minimum absolute atomic E-state index is 0.0280. The number of hydrogen-bond donors (Lipinski definition) is 0. The average Bonchev–Trinajstić information content (AvgIpc) is 2.77. The Bertz CT molecular complexity index is 448. The van der Waals surface area contributed by atoms with E-state index in [1.165, 1.54) is 22.3 Å². The van der Waals surface area contributed by atoms with Crippen molar-refractivity contribution in [3.05, 3.63) is 71.9 Å². The third-order valence-corrected chi connectivity index (χ3v) is 3.38. The van der Waals surface area contributed by atoms with Crippen molar-refractivity contribution in [1.29, 1.82) is 0 Å². The number of rotatable bonds is 4. The molecule has 0 spiro atoms. The standard InChI is InChI=1S/C17H22.3C2H6/c1-7-10-12-16-13(4)14(11-8-2)15(9-3)17(16,5)6;3*1-2/h7-12H,1,3H2,2,4-6H3;3*1-2H3/b11-8-,12-10-;;;. The van der Waals surface area contributed by atoms with Gasteiger partial charge in [0.05, 0.1) is 0 Å². The lowest BCUT2D eigenvalue weighted by molar-refractivity contribution is 0.575. The first-order valence-corrected chi connectivity index (χ1v) is 9.01. The van der Waals surface area contributed by atoms with E-state index in [0.717, 1.165) is 0 Å². The molecule has 0 amide bonds. The molecule has 1 rings (SSSR count). The Labute approximate surface area is 147 Å². The van der Waals surface area contributed by atoms with Crippen LogP contribution in [0, 0.1) is 5.41 Å². The quantitative estimate of drug-likeness (QED) is 0.458. The molecule has 0 saturated carbocycles. The van der Waals surface area contributed by atoms with Crippen LogP contribution >= 0.6 is 0 Å². The third-order valence-electron chi connectivity index (χ3n) is 3.38. The minimum Gasteiger partial charge on any atom is -0.0991 e. The van der Waals surface area contributed by atoms with E-state index in [0.29, 0.717) is 0 Å². The topological polar surface area (TPSA) is 0 Å². The van der Waals surface area contributed by atoms with Crippen molar-refractivity contribution in [2.75, 3.05) is 0 Å². The Morgan fingerprint density at radius 2 is 1.30 bits per heavy atom. The molecule has 1 aliphatic carbocycles. The first-order chi connectivity index (χ1) is 11.0. The van der Waals surface area contributed by atoms with E-state index in [2.05, 4.69) is 52.2 Å². The van der Waals surface area contributed by atoms with Crippen LogP contribution in [0.3, 0.4) is 0 Å². The van der Waals surface area contributed by atoms with Crippen molar-refractivity contribution in [1.82, 2.24) is 0 Å². The molecule has 0 aromatic carbocycles. The Balaban J connectivity index is -0.000000595. The maximum Gasteiger partial charge on any atom is 0.0155 e. The van der Waals surface area contributed by atoms with Gasteiger partial charge < -0.3 is 0 Å². The van der Waals surface area contributed by atoms with Crippen LogP contribution in [0.2, 0.25) is 0 Å². The molecule has 0 unspecified atom stereocenters. The summed E-state index contributed by atoms with van der Waals surface area (Å²) in [6.45, 7) is 28.4. The normalized spacial score (nSPS) is 15.4. The minimum atomic E-state index is 0.0280. The highest BCUT2D eigenvalue weighted by Gasteiger charge is 2.34. The Kier molecular flexibility index (Phi) is 17.6. The zero-order valence-electron chi connectivity index (χ0n) is 17.4. The van der Waals surface area contributed by atoms with E-state index >= 15 is 0 Å². The van der Waals surface area contributed by atoms with Crippen LogP contribution in [0.4, 0.5) is 0 Å². The number of hydrogen-bond acceptors (Lipinski definition) is 0. The zero-order valence-corrected chi connectivity index (χ0v) is 17.4. The fraction of sp³-hybridized carbons (Fsp3) is 0.478. The lowest BCUT2D eigenvalue weighted by Crippen LogP contribution is -2.12. The van der Waals surface area contributed by atoms with Gasteiger partial charge >= 0.3 is 0 Å². The third kappa shape index (κ3) is 7.03. The molecule has 1 aliphatic rings. The Hall–Kier alpha value is -1.56. The summed E-state index contributed by atoms with van der Waals surface area (Å²) in [6.07, 6.45) is 12.2. The molecule has 0 radical (unpaired) electrons. The van der Waals surface area contributed by atoms with Crippen LogP contribution in [0.1, 0.15) is 69.2 Å².